The zero-order chi connectivity index (χ0) is 8.04. The van der Waals surface area contributed by atoms with Crippen LogP contribution in [0.1, 0.15) is 47.0 Å². The molecule has 58 valence electrons. The number of hydrogen-bond donors (Lipinski definition) is 0. The molecule has 10 heavy (non-hydrogen) atoms. The minimum absolute atomic E-state index is 0.0632. The predicted octanol–water partition coefficient (Wildman–Crippen LogP) is 3.31. The fraction of sp³-hybridized carbons (Fsp3) is 0.889. The zero-order valence-corrected chi connectivity index (χ0v) is 7.57. The van der Waals surface area contributed by atoms with Crippen LogP contribution in [0, 0.1) is 6.07 Å². The minimum atomic E-state index is 0.0632. The van der Waals surface area contributed by atoms with E-state index in [0.717, 1.165) is 6.42 Å². The van der Waals surface area contributed by atoms with E-state index < -0.39 is 0 Å². The van der Waals surface area contributed by atoms with Crippen molar-refractivity contribution in [2.24, 2.45) is 0 Å². The molecule has 0 heterocycles. The summed E-state index contributed by atoms with van der Waals surface area (Å²) in [7, 11) is 0. The molecule has 0 aliphatic rings. The lowest BCUT2D eigenvalue weighted by Crippen LogP contribution is -2.05. The van der Waals surface area contributed by atoms with Gasteiger partial charge < -0.3 is 0 Å². The maximum Gasteiger partial charge on any atom is 0.273 e. The molecule has 0 fully saturated rings. The summed E-state index contributed by atoms with van der Waals surface area (Å²) in [5.41, 5.74) is 0.0632. The Bertz CT molecular complexity index is 131. The van der Waals surface area contributed by atoms with Gasteiger partial charge in [0.2, 0.25) is 0 Å². The van der Waals surface area contributed by atoms with E-state index in [1.54, 1.807) is 0 Å². The summed E-state index contributed by atoms with van der Waals surface area (Å²) in [4.78, 5) is 4.24. The van der Waals surface area contributed by atoms with Gasteiger partial charge in [-0.15, -0.1) is 0 Å². The molecule has 0 aromatic rings. The number of unbranched alkanes of at least 4 members (excludes halogenated alkanes) is 2. The van der Waals surface area contributed by atoms with Gasteiger partial charge >= 0.3 is 0 Å². The van der Waals surface area contributed by atoms with E-state index in [0.29, 0.717) is 0 Å². The average Bonchev–Trinajstić information content (AvgIpc) is 1.78. The molecular formula is C9H18N+. The zero-order valence-electron chi connectivity index (χ0n) is 7.57. The van der Waals surface area contributed by atoms with Crippen molar-refractivity contribution in [3.63, 3.8) is 0 Å². The van der Waals surface area contributed by atoms with Crippen molar-refractivity contribution in [2.45, 2.75) is 52.5 Å². The van der Waals surface area contributed by atoms with Crippen LogP contribution in [0.5, 0.6) is 0 Å². The lowest BCUT2D eigenvalue weighted by atomic mass is 10.1. The van der Waals surface area contributed by atoms with E-state index in [9.17, 15) is 0 Å². The van der Waals surface area contributed by atoms with Gasteiger partial charge in [-0.3, -0.25) is 0 Å². The molecule has 0 spiro atoms. The molecule has 0 unspecified atom stereocenters. The smallest absolute Gasteiger partial charge is 0.0781 e. The van der Waals surface area contributed by atoms with E-state index in [2.05, 4.69) is 38.6 Å². The van der Waals surface area contributed by atoms with Crippen molar-refractivity contribution >= 4 is 0 Å². The Morgan fingerprint density at radius 2 is 1.90 bits per heavy atom. The van der Waals surface area contributed by atoms with Crippen LogP contribution in [-0.4, -0.2) is 5.54 Å². The van der Waals surface area contributed by atoms with E-state index in [1.807, 2.05) is 0 Å². The quantitative estimate of drug-likeness (QED) is 0.518. The number of rotatable bonds is 2. The third kappa shape index (κ3) is 7.49. The molecule has 0 amide bonds. The standard InChI is InChI=1S/C9H18N/c1-5-6-7-8-10-9(2,3)4/h5-7H2,1-4H3/q+1. The topological polar surface area (TPSA) is 4.36 Å². The van der Waals surface area contributed by atoms with Gasteiger partial charge in [0.1, 0.15) is 0 Å². The second-order valence-corrected chi connectivity index (χ2v) is 3.54. The summed E-state index contributed by atoms with van der Waals surface area (Å²) in [5.74, 6) is 0. The van der Waals surface area contributed by atoms with Crippen LogP contribution in [0.3, 0.4) is 0 Å². The Labute approximate surface area is 64.3 Å². The van der Waals surface area contributed by atoms with Crippen LogP contribution in [0.15, 0.2) is 0 Å². The summed E-state index contributed by atoms with van der Waals surface area (Å²) >= 11 is 0. The first-order chi connectivity index (χ1) is 4.56. The highest BCUT2D eigenvalue weighted by Crippen LogP contribution is 2.06. The molecule has 0 aromatic heterocycles. The summed E-state index contributed by atoms with van der Waals surface area (Å²) < 4.78 is 0. The van der Waals surface area contributed by atoms with Crippen LogP contribution in [-0.2, 0) is 0 Å². The molecular weight excluding hydrogens is 122 g/mol. The van der Waals surface area contributed by atoms with E-state index >= 15 is 0 Å². The Hall–Kier alpha value is -0.510. The SMILES string of the molecule is CCCCC#[N+]C(C)(C)C. The van der Waals surface area contributed by atoms with Crippen LogP contribution in [0.25, 0.3) is 4.85 Å². The summed E-state index contributed by atoms with van der Waals surface area (Å²) in [6, 6.07) is 3.05. The third-order valence-electron chi connectivity index (χ3n) is 1.06. The van der Waals surface area contributed by atoms with Crippen molar-refractivity contribution in [1.29, 1.82) is 0 Å². The monoisotopic (exact) mass is 140 g/mol. The predicted molar refractivity (Wildman–Crippen MR) is 46.5 cm³/mol. The van der Waals surface area contributed by atoms with Gasteiger partial charge in [-0.05, 0) is 6.42 Å². The van der Waals surface area contributed by atoms with Gasteiger partial charge in [0.15, 0.2) is 0 Å². The Morgan fingerprint density at radius 3 is 2.30 bits per heavy atom. The fourth-order valence-corrected chi connectivity index (χ4v) is 0.549. The van der Waals surface area contributed by atoms with Crippen LogP contribution >= 0.6 is 0 Å². The first-order valence-electron chi connectivity index (χ1n) is 4.01. The van der Waals surface area contributed by atoms with Crippen LogP contribution < -0.4 is 0 Å². The van der Waals surface area contributed by atoms with Crippen molar-refractivity contribution < 1.29 is 0 Å². The van der Waals surface area contributed by atoms with Crippen LogP contribution in [0.2, 0.25) is 0 Å². The maximum absolute atomic E-state index is 4.24. The Balaban J connectivity index is 3.50. The normalized spacial score (nSPS) is 10.4. The highest BCUT2D eigenvalue weighted by atomic mass is 14.8. The lowest BCUT2D eigenvalue weighted by Gasteiger charge is -1.91. The van der Waals surface area contributed by atoms with Crippen LogP contribution in [0.4, 0.5) is 0 Å². The molecule has 0 radical (unpaired) electrons. The van der Waals surface area contributed by atoms with E-state index in [-0.39, 0.29) is 5.54 Å². The number of nitrogens with zero attached hydrogens (tertiary/aromatic N) is 1. The number of hydrogen-bond acceptors (Lipinski definition) is 0. The van der Waals surface area contributed by atoms with Gasteiger partial charge in [0, 0.05) is 20.8 Å². The molecule has 0 N–H and O–H groups in total. The van der Waals surface area contributed by atoms with Gasteiger partial charge in [-0.2, -0.15) is 0 Å². The first-order valence-corrected chi connectivity index (χ1v) is 4.01. The fourth-order valence-electron chi connectivity index (χ4n) is 0.549. The molecule has 0 aromatic carbocycles. The Morgan fingerprint density at radius 1 is 1.30 bits per heavy atom. The summed E-state index contributed by atoms with van der Waals surface area (Å²) in [6.07, 6.45) is 3.44. The van der Waals surface area contributed by atoms with Crippen molar-refractivity contribution in [2.75, 3.05) is 0 Å². The first kappa shape index (κ1) is 9.49. The van der Waals surface area contributed by atoms with Gasteiger partial charge in [-0.25, -0.2) is 0 Å². The molecule has 0 rings (SSSR count). The molecule has 1 heteroatoms. The second-order valence-electron chi connectivity index (χ2n) is 3.54. The Kier molecular flexibility index (Phi) is 4.11. The van der Waals surface area contributed by atoms with Gasteiger partial charge in [0.25, 0.3) is 11.6 Å². The molecule has 0 aliphatic heterocycles. The third-order valence-corrected chi connectivity index (χ3v) is 1.06. The second kappa shape index (κ2) is 4.33. The van der Waals surface area contributed by atoms with Crippen molar-refractivity contribution in [3.8, 4) is 6.07 Å². The molecule has 0 bridgehead atoms. The lowest BCUT2D eigenvalue weighted by molar-refractivity contribution is 0.685. The molecule has 0 aliphatic carbocycles. The molecule has 0 atom stereocenters. The molecule has 1 nitrogen and oxygen atoms in total. The molecule has 0 saturated carbocycles. The van der Waals surface area contributed by atoms with E-state index in [1.165, 1.54) is 12.8 Å². The van der Waals surface area contributed by atoms with Crippen molar-refractivity contribution in [3.05, 3.63) is 4.85 Å². The highest BCUT2D eigenvalue weighted by Gasteiger charge is 2.17. The molecule has 0 saturated heterocycles. The maximum atomic E-state index is 4.24. The summed E-state index contributed by atoms with van der Waals surface area (Å²) in [6.45, 7) is 8.45. The summed E-state index contributed by atoms with van der Waals surface area (Å²) in [5, 5.41) is 0. The minimum Gasteiger partial charge on any atom is -0.0781 e. The largest absolute Gasteiger partial charge is 0.273 e. The average molecular weight is 140 g/mol. The van der Waals surface area contributed by atoms with Gasteiger partial charge in [0.05, 0.1) is 6.42 Å². The van der Waals surface area contributed by atoms with E-state index in [4.69, 9.17) is 0 Å². The van der Waals surface area contributed by atoms with Crippen molar-refractivity contribution in [1.82, 2.24) is 0 Å². The van der Waals surface area contributed by atoms with Gasteiger partial charge in [-0.1, -0.05) is 18.2 Å². The highest BCUT2D eigenvalue weighted by molar-refractivity contribution is 4.96.